The summed E-state index contributed by atoms with van der Waals surface area (Å²) in [5.74, 6) is -0.306. The topological polar surface area (TPSA) is 90.6 Å². The van der Waals surface area contributed by atoms with Crippen LogP contribution in [0, 0.1) is 6.92 Å². The van der Waals surface area contributed by atoms with Crippen molar-refractivity contribution in [3.8, 4) is 0 Å². The summed E-state index contributed by atoms with van der Waals surface area (Å²) in [5, 5.41) is 3.74. The number of aromatic amines is 2. The van der Waals surface area contributed by atoms with Gasteiger partial charge in [0.05, 0.1) is 11.9 Å². The number of nitrogens with one attached hydrogen (secondary N) is 3. The van der Waals surface area contributed by atoms with Crippen LogP contribution in [0.1, 0.15) is 28.7 Å². The number of H-pyrrole nitrogens is 2. The number of allylic oxidation sites excluding steroid dienone is 1. The highest BCUT2D eigenvalue weighted by Gasteiger charge is 2.09. The van der Waals surface area contributed by atoms with E-state index in [0.717, 1.165) is 22.3 Å². The maximum absolute atomic E-state index is 12.2. The predicted molar refractivity (Wildman–Crippen MR) is 89.3 cm³/mol. The van der Waals surface area contributed by atoms with Crippen molar-refractivity contribution in [2.75, 3.05) is 5.32 Å². The number of aryl methyl sites for hydroxylation is 1. The van der Waals surface area contributed by atoms with Crippen molar-refractivity contribution >= 4 is 34.5 Å². The van der Waals surface area contributed by atoms with Crippen molar-refractivity contribution < 1.29 is 9.59 Å². The van der Waals surface area contributed by atoms with Gasteiger partial charge in [0, 0.05) is 17.3 Å². The molecule has 0 aliphatic rings. The second-order valence-corrected chi connectivity index (χ2v) is 5.36. The third-order valence-corrected chi connectivity index (χ3v) is 3.32. The van der Waals surface area contributed by atoms with E-state index in [1.54, 1.807) is 24.5 Å². The van der Waals surface area contributed by atoms with E-state index in [2.05, 4.69) is 20.3 Å². The SMILES string of the molecule is CC(=O)/C=C/c1c[nH]c(C(=O)Nc2cnc3[nH]c(C)cc3c2)c1. The number of hydrogen-bond donors (Lipinski definition) is 3. The van der Waals surface area contributed by atoms with Crippen LogP contribution in [0.15, 0.2) is 36.7 Å². The minimum atomic E-state index is -0.263. The van der Waals surface area contributed by atoms with E-state index in [-0.39, 0.29) is 11.7 Å². The zero-order chi connectivity index (χ0) is 16.4. The van der Waals surface area contributed by atoms with Crippen molar-refractivity contribution in [1.29, 1.82) is 0 Å². The fourth-order valence-corrected chi connectivity index (χ4v) is 2.27. The van der Waals surface area contributed by atoms with Crippen molar-refractivity contribution in [3.63, 3.8) is 0 Å². The Morgan fingerprint density at radius 3 is 2.87 bits per heavy atom. The van der Waals surface area contributed by atoms with Gasteiger partial charge in [0.15, 0.2) is 5.78 Å². The summed E-state index contributed by atoms with van der Waals surface area (Å²) in [4.78, 5) is 33.5. The first-order valence-electron chi connectivity index (χ1n) is 7.15. The minimum Gasteiger partial charge on any atom is -0.357 e. The van der Waals surface area contributed by atoms with Crippen LogP contribution in [0.5, 0.6) is 0 Å². The van der Waals surface area contributed by atoms with E-state index in [1.807, 2.05) is 19.1 Å². The van der Waals surface area contributed by atoms with Gasteiger partial charge in [0.2, 0.25) is 0 Å². The Labute approximate surface area is 132 Å². The fraction of sp³-hybridized carbons (Fsp3) is 0.118. The average Bonchev–Trinajstić information content (AvgIpc) is 3.10. The van der Waals surface area contributed by atoms with E-state index in [0.29, 0.717) is 11.4 Å². The molecule has 0 aliphatic heterocycles. The number of carbonyl (C=O) groups excluding carboxylic acids is 2. The lowest BCUT2D eigenvalue weighted by Crippen LogP contribution is -2.12. The first-order chi connectivity index (χ1) is 11.0. The van der Waals surface area contributed by atoms with Gasteiger partial charge in [-0.15, -0.1) is 0 Å². The Hall–Kier alpha value is -3.15. The Bertz CT molecular complexity index is 918. The predicted octanol–water partition coefficient (Wildman–Crippen LogP) is 3.05. The molecule has 6 heteroatoms. The number of amides is 1. The monoisotopic (exact) mass is 308 g/mol. The minimum absolute atomic E-state index is 0.0432. The molecule has 1 amide bonds. The van der Waals surface area contributed by atoms with Crippen LogP contribution in [-0.4, -0.2) is 26.6 Å². The fourth-order valence-electron chi connectivity index (χ4n) is 2.27. The highest BCUT2D eigenvalue weighted by Crippen LogP contribution is 2.18. The molecule has 0 radical (unpaired) electrons. The molecule has 0 aromatic carbocycles. The summed E-state index contributed by atoms with van der Waals surface area (Å²) < 4.78 is 0. The van der Waals surface area contributed by atoms with E-state index < -0.39 is 0 Å². The van der Waals surface area contributed by atoms with E-state index in [4.69, 9.17) is 0 Å². The average molecular weight is 308 g/mol. The van der Waals surface area contributed by atoms with Crippen LogP contribution in [0.4, 0.5) is 5.69 Å². The second-order valence-electron chi connectivity index (χ2n) is 5.36. The largest absolute Gasteiger partial charge is 0.357 e. The quantitative estimate of drug-likeness (QED) is 0.647. The molecule has 3 aromatic heterocycles. The summed E-state index contributed by atoms with van der Waals surface area (Å²) in [6, 6.07) is 5.52. The molecule has 0 saturated heterocycles. The van der Waals surface area contributed by atoms with Crippen LogP contribution < -0.4 is 5.32 Å². The molecule has 3 N–H and O–H groups in total. The number of nitrogens with zero attached hydrogens (tertiary/aromatic N) is 1. The van der Waals surface area contributed by atoms with Gasteiger partial charge < -0.3 is 15.3 Å². The smallest absolute Gasteiger partial charge is 0.272 e. The Balaban J connectivity index is 1.76. The Morgan fingerprint density at radius 2 is 2.09 bits per heavy atom. The zero-order valence-electron chi connectivity index (χ0n) is 12.8. The number of ketones is 1. The van der Waals surface area contributed by atoms with Gasteiger partial charge in [-0.3, -0.25) is 9.59 Å². The molecule has 0 atom stereocenters. The van der Waals surface area contributed by atoms with Crippen LogP contribution in [0.25, 0.3) is 17.1 Å². The maximum atomic E-state index is 12.2. The number of hydrogen-bond acceptors (Lipinski definition) is 3. The Morgan fingerprint density at radius 1 is 1.26 bits per heavy atom. The third kappa shape index (κ3) is 3.37. The molecule has 0 saturated carbocycles. The van der Waals surface area contributed by atoms with E-state index in [1.165, 1.54) is 13.0 Å². The standard InChI is InChI=1S/C17H16N4O2/c1-10-5-13-7-14(9-19-16(13)20-10)21-17(23)15-6-12(8-18-15)4-3-11(2)22/h3-9,18H,1-2H3,(H,19,20)(H,21,23)/b4-3+. The number of rotatable bonds is 4. The number of anilines is 1. The maximum Gasteiger partial charge on any atom is 0.272 e. The molecule has 116 valence electrons. The van der Waals surface area contributed by atoms with Gasteiger partial charge in [0.1, 0.15) is 11.3 Å². The number of aromatic nitrogens is 3. The van der Waals surface area contributed by atoms with Gasteiger partial charge in [-0.2, -0.15) is 0 Å². The highest BCUT2D eigenvalue weighted by molar-refractivity contribution is 6.04. The number of fused-ring (bicyclic) bond motifs is 1. The number of carbonyl (C=O) groups is 2. The zero-order valence-corrected chi connectivity index (χ0v) is 12.8. The van der Waals surface area contributed by atoms with Crippen LogP contribution in [0.3, 0.4) is 0 Å². The third-order valence-electron chi connectivity index (χ3n) is 3.32. The lowest BCUT2D eigenvalue weighted by Gasteiger charge is -2.03. The molecule has 3 aromatic rings. The molecule has 0 spiro atoms. The molecule has 0 unspecified atom stereocenters. The van der Waals surface area contributed by atoms with E-state index in [9.17, 15) is 9.59 Å². The molecular formula is C17H16N4O2. The molecule has 0 fully saturated rings. The normalized spacial score (nSPS) is 11.2. The molecule has 6 nitrogen and oxygen atoms in total. The van der Waals surface area contributed by atoms with Gasteiger partial charge in [-0.05, 0) is 49.8 Å². The van der Waals surface area contributed by atoms with Crippen molar-refractivity contribution in [2.24, 2.45) is 0 Å². The van der Waals surface area contributed by atoms with Gasteiger partial charge in [0.25, 0.3) is 5.91 Å². The summed E-state index contributed by atoms with van der Waals surface area (Å²) in [6.07, 6.45) is 6.39. The molecule has 0 bridgehead atoms. The first kappa shape index (κ1) is 14.8. The molecule has 3 rings (SSSR count). The molecule has 23 heavy (non-hydrogen) atoms. The summed E-state index contributed by atoms with van der Waals surface area (Å²) in [6.45, 7) is 3.43. The molecule has 3 heterocycles. The Kier molecular flexibility index (Phi) is 3.80. The van der Waals surface area contributed by atoms with Crippen LogP contribution >= 0.6 is 0 Å². The lowest BCUT2D eigenvalue weighted by molar-refractivity contribution is -0.112. The van der Waals surface area contributed by atoms with Gasteiger partial charge >= 0.3 is 0 Å². The summed E-state index contributed by atoms with van der Waals surface area (Å²) >= 11 is 0. The van der Waals surface area contributed by atoms with Gasteiger partial charge in [-0.25, -0.2) is 4.98 Å². The molecular weight excluding hydrogens is 292 g/mol. The lowest BCUT2D eigenvalue weighted by atomic mass is 10.2. The number of pyridine rings is 1. The van der Waals surface area contributed by atoms with Crippen molar-refractivity contribution in [1.82, 2.24) is 15.0 Å². The molecule has 0 aliphatic carbocycles. The van der Waals surface area contributed by atoms with Crippen molar-refractivity contribution in [2.45, 2.75) is 13.8 Å². The second kappa shape index (κ2) is 5.92. The van der Waals surface area contributed by atoms with Crippen LogP contribution in [-0.2, 0) is 4.79 Å². The highest BCUT2D eigenvalue weighted by atomic mass is 16.2. The van der Waals surface area contributed by atoms with Gasteiger partial charge in [-0.1, -0.05) is 0 Å². The summed E-state index contributed by atoms with van der Waals surface area (Å²) in [7, 11) is 0. The first-order valence-corrected chi connectivity index (χ1v) is 7.15. The summed E-state index contributed by atoms with van der Waals surface area (Å²) in [5.41, 5.74) is 3.61. The van der Waals surface area contributed by atoms with Crippen molar-refractivity contribution in [3.05, 3.63) is 53.6 Å². The van der Waals surface area contributed by atoms with E-state index >= 15 is 0 Å². The van der Waals surface area contributed by atoms with Crippen LogP contribution in [0.2, 0.25) is 0 Å².